The first kappa shape index (κ1) is 15.2. The van der Waals surface area contributed by atoms with E-state index >= 15 is 0 Å². The molecule has 3 aromatic rings. The zero-order valence-corrected chi connectivity index (χ0v) is 12.5. The molecule has 0 spiro atoms. The highest BCUT2D eigenvalue weighted by atomic mass is 19.1. The largest absolute Gasteiger partial charge is 0.465 e. The summed E-state index contributed by atoms with van der Waals surface area (Å²) in [5.74, 6) is -0.516. The first-order valence-corrected chi connectivity index (χ1v) is 7.05. The van der Waals surface area contributed by atoms with Crippen molar-refractivity contribution in [2.75, 3.05) is 7.11 Å². The number of para-hydroxylation sites is 2. The second-order valence-electron chi connectivity index (χ2n) is 5.06. The van der Waals surface area contributed by atoms with Crippen molar-refractivity contribution < 1.29 is 19.0 Å². The standard InChI is InChI=1S/C17H15FN2O3/c1-23-17(22)11-6-7-13(18)12(8-11)9-20-15-5-3-2-4-14(15)19-16(20)10-21/h2-8,21H,9-10H2,1H3. The molecule has 0 fully saturated rings. The van der Waals surface area contributed by atoms with Gasteiger partial charge in [0.2, 0.25) is 0 Å². The third-order valence-electron chi connectivity index (χ3n) is 3.67. The van der Waals surface area contributed by atoms with E-state index in [1.807, 2.05) is 24.3 Å². The van der Waals surface area contributed by atoms with Crippen LogP contribution in [-0.4, -0.2) is 27.7 Å². The van der Waals surface area contributed by atoms with E-state index in [-0.39, 0.29) is 18.7 Å². The summed E-state index contributed by atoms with van der Waals surface area (Å²) in [6.07, 6.45) is 0. The fourth-order valence-electron chi connectivity index (χ4n) is 2.53. The molecule has 0 atom stereocenters. The summed E-state index contributed by atoms with van der Waals surface area (Å²) >= 11 is 0. The molecule has 3 rings (SSSR count). The molecular formula is C17H15FN2O3. The van der Waals surface area contributed by atoms with E-state index in [1.165, 1.54) is 25.3 Å². The van der Waals surface area contributed by atoms with Gasteiger partial charge in [-0.05, 0) is 30.3 Å². The molecule has 1 aromatic heterocycles. The fourth-order valence-corrected chi connectivity index (χ4v) is 2.53. The SMILES string of the molecule is COC(=O)c1ccc(F)c(Cn2c(CO)nc3ccccc32)c1. The molecule has 118 valence electrons. The Kier molecular flexibility index (Phi) is 4.08. The Morgan fingerprint density at radius 2 is 2.09 bits per heavy atom. The molecule has 1 heterocycles. The first-order chi connectivity index (χ1) is 11.1. The van der Waals surface area contributed by atoms with Crippen molar-refractivity contribution in [3.63, 3.8) is 0 Å². The van der Waals surface area contributed by atoms with Crippen LogP contribution in [0.3, 0.4) is 0 Å². The summed E-state index contributed by atoms with van der Waals surface area (Å²) in [5.41, 5.74) is 2.12. The van der Waals surface area contributed by atoms with E-state index in [0.717, 1.165) is 11.0 Å². The maximum atomic E-state index is 14.1. The second-order valence-corrected chi connectivity index (χ2v) is 5.06. The smallest absolute Gasteiger partial charge is 0.337 e. The third-order valence-corrected chi connectivity index (χ3v) is 3.67. The Bertz CT molecular complexity index is 873. The Hall–Kier alpha value is -2.73. The van der Waals surface area contributed by atoms with Crippen LogP contribution >= 0.6 is 0 Å². The lowest BCUT2D eigenvalue weighted by Crippen LogP contribution is -2.09. The lowest BCUT2D eigenvalue weighted by molar-refractivity contribution is 0.0600. The van der Waals surface area contributed by atoms with Crippen molar-refractivity contribution in [2.24, 2.45) is 0 Å². The number of aliphatic hydroxyl groups is 1. The molecule has 0 amide bonds. The van der Waals surface area contributed by atoms with E-state index in [0.29, 0.717) is 11.4 Å². The number of rotatable bonds is 4. The average Bonchev–Trinajstić information content (AvgIpc) is 2.94. The van der Waals surface area contributed by atoms with Gasteiger partial charge in [-0.3, -0.25) is 0 Å². The molecule has 5 nitrogen and oxygen atoms in total. The lowest BCUT2D eigenvalue weighted by Gasteiger charge is -2.10. The van der Waals surface area contributed by atoms with Crippen LogP contribution in [0.15, 0.2) is 42.5 Å². The number of methoxy groups -OCH3 is 1. The molecule has 0 bridgehead atoms. The minimum absolute atomic E-state index is 0.160. The Morgan fingerprint density at radius 1 is 1.30 bits per heavy atom. The van der Waals surface area contributed by atoms with Gasteiger partial charge in [0.25, 0.3) is 0 Å². The number of halogens is 1. The predicted octanol–water partition coefficient (Wildman–Crippen LogP) is 2.50. The van der Waals surface area contributed by atoms with Crippen LogP contribution in [0.1, 0.15) is 21.7 Å². The van der Waals surface area contributed by atoms with Gasteiger partial charge in [0.15, 0.2) is 0 Å². The predicted molar refractivity (Wildman–Crippen MR) is 82.5 cm³/mol. The molecule has 0 saturated heterocycles. The van der Waals surface area contributed by atoms with E-state index < -0.39 is 11.8 Å². The topological polar surface area (TPSA) is 64.3 Å². The van der Waals surface area contributed by atoms with Crippen LogP contribution in [0, 0.1) is 5.82 Å². The number of fused-ring (bicyclic) bond motifs is 1. The first-order valence-electron chi connectivity index (χ1n) is 7.05. The third kappa shape index (κ3) is 2.80. The van der Waals surface area contributed by atoms with Gasteiger partial charge in [0.05, 0.1) is 30.3 Å². The second kappa shape index (κ2) is 6.18. The number of hydrogen-bond donors (Lipinski definition) is 1. The van der Waals surface area contributed by atoms with Crippen molar-refractivity contribution in [3.05, 3.63) is 65.2 Å². The van der Waals surface area contributed by atoms with Gasteiger partial charge in [-0.15, -0.1) is 0 Å². The van der Waals surface area contributed by atoms with Gasteiger partial charge in [-0.25, -0.2) is 14.2 Å². The Balaban J connectivity index is 2.07. The molecule has 0 radical (unpaired) electrons. The molecule has 0 saturated carbocycles. The van der Waals surface area contributed by atoms with E-state index in [1.54, 1.807) is 4.57 Å². The molecular weight excluding hydrogens is 299 g/mol. The van der Waals surface area contributed by atoms with Crippen LogP contribution in [0.5, 0.6) is 0 Å². The molecule has 2 aromatic carbocycles. The number of aliphatic hydroxyl groups excluding tert-OH is 1. The number of esters is 1. The number of carbonyl (C=O) groups excluding carboxylic acids is 1. The Morgan fingerprint density at radius 3 is 2.83 bits per heavy atom. The summed E-state index contributed by atoms with van der Waals surface area (Å²) in [6.45, 7) is -0.0972. The number of nitrogens with zero attached hydrogens (tertiary/aromatic N) is 2. The normalized spacial score (nSPS) is 10.9. The average molecular weight is 314 g/mol. The van der Waals surface area contributed by atoms with E-state index in [9.17, 15) is 14.3 Å². The maximum Gasteiger partial charge on any atom is 0.337 e. The van der Waals surface area contributed by atoms with Gasteiger partial charge >= 0.3 is 5.97 Å². The van der Waals surface area contributed by atoms with Gasteiger partial charge < -0.3 is 14.4 Å². The molecule has 6 heteroatoms. The number of aromatic nitrogens is 2. The monoisotopic (exact) mass is 314 g/mol. The summed E-state index contributed by atoms with van der Waals surface area (Å²) in [7, 11) is 1.28. The maximum absolute atomic E-state index is 14.1. The quantitative estimate of drug-likeness (QED) is 0.752. The minimum Gasteiger partial charge on any atom is -0.465 e. The molecule has 0 aliphatic heterocycles. The highest BCUT2D eigenvalue weighted by molar-refractivity contribution is 5.89. The van der Waals surface area contributed by atoms with E-state index in [2.05, 4.69) is 9.72 Å². The number of imidazole rings is 1. The molecule has 0 unspecified atom stereocenters. The van der Waals surface area contributed by atoms with Crippen LogP contribution in [0.4, 0.5) is 4.39 Å². The van der Waals surface area contributed by atoms with Gasteiger partial charge in [-0.1, -0.05) is 12.1 Å². The van der Waals surface area contributed by atoms with Crippen molar-refractivity contribution >= 4 is 17.0 Å². The summed E-state index contributed by atoms with van der Waals surface area (Å²) in [4.78, 5) is 15.9. The van der Waals surface area contributed by atoms with Gasteiger partial charge in [-0.2, -0.15) is 0 Å². The van der Waals surface area contributed by atoms with Crippen LogP contribution in [-0.2, 0) is 17.9 Å². The number of hydrogen-bond acceptors (Lipinski definition) is 4. The molecule has 0 aliphatic carbocycles. The van der Waals surface area contributed by atoms with E-state index in [4.69, 9.17) is 0 Å². The summed E-state index contributed by atoms with van der Waals surface area (Å²) in [5, 5.41) is 9.50. The molecule has 1 N–H and O–H groups in total. The lowest BCUT2D eigenvalue weighted by atomic mass is 10.1. The van der Waals surface area contributed by atoms with Gasteiger partial charge in [0, 0.05) is 5.56 Å². The molecule has 0 aliphatic rings. The summed E-state index contributed by atoms with van der Waals surface area (Å²) in [6, 6.07) is 11.4. The highest BCUT2D eigenvalue weighted by Crippen LogP contribution is 2.20. The van der Waals surface area contributed by atoms with Crippen LogP contribution < -0.4 is 0 Å². The number of carbonyl (C=O) groups is 1. The van der Waals surface area contributed by atoms with Gasteiger partial charge in [0.1, 0.15) is 18.2 Å². The Labute approximate surface area is 132 Å². The van der Waals surface area contributed by atoms with Crippen molar-refractivity contribution in [1.29, 1.82) is 0 Å². The van der Waals surface area contributed by atoms with Crippen molar-refractivity contribution in [2.45, 2.75) is 13.2 Å². The highest BCUT2D eigenvalue weighted by Gasteiger charge is 2.14. The number of ether oxygens (including phenoxy) is 1. The number of benzene rings is 2. The zero-order chi connectivity index (χ0) is 16.4. The van der Waals surface area contributed by atoms with Crippen molar-refractivity contribution in [1.82, 2.24) is 9.55 Å². The fraction of sp³-hybridized carbons (Fsp3) is 0.176. The van der Waals surface area contributed by atoms with Crippen LogP contribution in [0.2, 0.25) is 0 Å². The minimum atomic E-state index is -0.524. The van der Waals surface area contributed by atoms with Crippen molar-refractivity contribution in [3.8, 4) is 0 Å². The summed E-state index contributed by atoms with van der Waals surface area (Å²) < 4.78 is 20.5. The molecule has 23 heavy (non-hydrogen) atoms. The van der Waals surface area contributed by atoms with Crippen LogP contribution in [0.25, 0.3) is 11.0 Å². The zero-order valence-electron chi connectivity index (χ0n) is 12.5.